The molecule has 1 aromatic carbocycles. The van der Waals surface area contributed by atoms with Crippen LogP contribution in [0, 0.1) is 10.1 Å². The highest BCUT2D eigenvalue weighted by Gasteiger charge is 2.33. The van der Waals surface area contributed by atoms with Gasteiger partial charge in [-0.3, -0.25) is 19.2 Å². The molecule has 1 heterocycles. The van der Waals surface area contributed by atoms with Crippen molar-refractivity contribution >= 4 is 27.3 Å². The van der Waals surface area contributed by atoms with E-state index in [1.807, 2.05) is 7.05 Å². The van der Waals surface area contributed by atoms with E-state index in [2.05, 4.69) is 10.2 Å². The quantitative estimate of drug-likeness (QED) is 0.548. The molecular weight excluding hydrogens is 372 g/mol. The number of non-ortho nitro benzene ring substituents is 1. The van der Waals surface area contributed by atoms with E-state index in [0.29, 0.717) is 0 Å². The second-order valence-corrected chi connectivity index (χ2v) is 8.71. The van der Waals surface area contributed by atoms with Gasteiger partial charge in [0.05, 0.1) is 16.9 Å². The van der Waals surface area contributed by atoms with E-state index in [1.165, 1.54) is 24.3 Å². The first-order valence-corrected chi connectivity index (χ1v) is 10.7. The molecule has 0 aromatic heterocycles. The molecular formula is C17H26N4O5S. The summed E-state index contributed by atoms with van der Waals surface area (Å²) in [5, 5.41) is 14.0. The number of rotatable bonds is 7. The van der Waals surface area contributed by atoms with Gasteiger partial charge in [-0.25, -0.2) is 8.42 Å². The lowest BCUT2D eigenvalue weighted by atomic mass is 10.0. The Hall–Kier alpha value is -2.20. The number of piperidine rings is 1. The number of carbonyl (C=O) groups is 1. The van der Waals surface area contributed by atoms with Crippen LogP contribution in [0.3, 0.4) is 0 Å². The van der Waals surface area contributed by atoms with Gasteiger partial charge < -0.3 is 10.2 Å². The summed E-state index contributed by atoms with van der Waals surface area (Å²) in [6.07, 6.45) is 2.84. The number of hydrogen-bond donors (Lipinski definition) is 1. The van der Waals surface area contributed by atoms with Crippen LogP contribution in [0.4, 0.5) is 11.4 Å². The van der Waals surface area contributed by atoms with Gasteiger partial charge in [-0.1, -0.05) is 13.0 Å². The van der Waals surface area contributed by atoms with Crippen LogP contribution in [0.1, 0.15) is 26.2 Å². The van der Waals surface area contributed by atoms with Crippen molar-refractivity contribution in [2.45, 2.75) is 38.3 Å². The molecule has 10 heteroatoms. The molecule has 1 aromatic rings. The van der Waals surface area contributed by atoms with E-state index < -0.39 is 21.0 Å². The van der Waals surface area contributed by atoms with Crippen LogP contribution in [-0.4, -0.2) is 62.6 Å². The molecule has 0 radical (unpaired) electrons. The van der Waals surface area contributed by atoms with Crippen molar-refractivity contribution in [1.82, 2.24) is 10.2 Å². The molecule has 1 saturated heterocycles. The molecule has 2 rings (SSSR count). The Morgan fingerprint density at radius 2 is 2.04 bits per heavy atom. The number of hydrogen-bond acceptors (Lipinski definition) is 6. The average Bonchev–Trinajstić information content (AvgIpc) is 2.60. The first-order chi connectivity index (χ1) is 12.6. The Morgan fingerprint density at radius 1 is 1.41 bits per heavy atom. The molecule has 1 N–H and O–H groups in total. The molecule has 1 amide bonds. The number of nitro benzene ring substituents is 1. The van der Waals surface area contributed by atoms with Crippen molar-refractivity contribution in [3.05, 3.63) is 34.4 Å². The van der Waals surface area contributed by atoms with Crippen LogP contribution in [0.15, 0.2) is 24.3 Å². The van der Waals surface area contributed by atoms with Gasteiger partial charge in [0.15, 0.2) is 0 Å². The Bertz CT molecular complexity index is 790. The Labute approximate surface area is 159 Å². The minimum absolute atomic E-state index is 0.00531. The van der Waals surface area contributed by atoms with Crippen LogP contribution in [0.25, 0.3) is 0 Å². The molecule has 1 fully saturated rings. The van der Waals surface area contributed by atoms with Crippen LogP contribution >= 0.6 is 0 Å². The number of nitrogens with one attached hydrogen (secondary N) is 1. The lowest BCUT2D eigenvalue weighted by Crippen LogP contribution is -2.53. The summed E-state index contributed by atoms with van der Waals surface area (Å²) in [7, 11) is -1.81. The van der Waals surface area contributed by atoms with Gasteiger partial charge in [-0.2, -0.15) is 0 Å². The number of anilines is 1. The molecule has 150 valence electrons. The van der Waals surface area contributed by atoms with Gasteiger partial charge >= 0.3 is 0 Å². The topological polar surface area (TPSA) is 113 Å². The number of carbonyl (C=O) groups excluding carboxylic acids is 1. The Morgan fingerprint density at radius 3 is 2.56 bits per heavy atom. The standard InChI is InChI=1S/C17H26N4O5S/c1-4-16(17(22)18-13-8-10-19(2)11-9-13)20(27(3,25)26)14-6-5-7-15(12-14)21(23)24/h5-7,12-13,16H,4,8-11H2,1-3H3,(H,18,22)/t16-/m1/s1. The second kappa shape index (κ2) is 8.66. The molecule has 1 atom stereocenters. The first kappa shape index (κ1) is 21.1. The predicted octanol–water partition coefficient (Wildman–Crippen LogP) is 1.35. The molecule has 0 bridgehead atoms. The third kappa shape index (κ3) is 5.39. The van der Waals surface area contributed by atoms with Gasteiger partial charge in [0.2, 0.25) is 15.9 Å². The molecule has 0 saturated carbocycles. The Balaban J connectivity index is 2.29. The molecule has 9 nitrogen and oxygen atoms in total. The molecule has 0 aliphatic carbocycles. The van der Waals surface area contributed by atoms with E-state index in [-0.39, 0.29) is 29.7 Å². The fourth-order valence-corrected chi connectivity index (χ4v) is 4.46. The van der Waals surface area contributed by atoms with E-state index in [0.717, 1.165) is 36.5 Å². The van der Waals surface area contributed by atoms with Gasteiger partial charge in [0.1, 0.15) is 6.04 Å². The van der Waals surface area contributed by atoms with E-state index in [4.69, 9.17) is 0 Å². The van der Waals surface area contributed by atoms with Crippen LogP contribution in [0.5, 0.6) is 0 Å². The lowest BCUT2D eigenvalue weighted by molar-refractivity contribution is -0.384. The summed E-state index contributed by atoms with van der Waals surface area (Å²) in [4.78, 5) is 25.5. The SMILES string of the molecule is CC[C@H](C(=O)NC1CCN(C)CC1)N(c1cccc([N+](=O)[O-])c1)S(C)(=O)=O. The second-order valence-electron chi connectivity index (χ2n) is 6.85. The van der Waals surface area contributed by atoms with E-state index in [9.17, 15) is 23.3 Å². The normalized spacial score (nSPS) is 17.3. The molecule has 0 spiro atoms. The molecule has 27 heavy (non-hydrogen) atoms. The van der Waals surface area contributed by atoms with Gasteiger partial charge in [-0.05, 0) is 45.5 Å². The lowest BCUT2D eigenvalue weighted by Gasteiger charge is -2.33. The smallest absolute Gasteiger partial charge is 0.271 e. The van der Waals surface area contributed by atoms with Gasteiger partial charge in [0, 0.05) is 18.2 Å². The fraction of sp³-hybridized carbons (Fsp3) is 0.588. The summed E-state index contributed by atoms with van der Waals surface area (Å²) >= 11 is 0. The minimum atomic E-state index is -3.82. The highest BCUT2D eigenvalue weighted by Crippen LogP contribution is 2.26. The number of nitrogens with zero attached hydrogens (tertiary/aromatic N) is 3. The van der Waals surface area contributed by atoms with E-state index >= 15 is 0 Å². The van der Waals surface area contributed by atoms with Crippen molar-refractivity contribution in [3.63, 3.8) is 0 Å². The predicted molar refractivity (Wildman–Crippen MR) is 103 cm³/mol. The molecule has 0 unspecified atom stereocenters. The highest BCUT2D eigenvalue weighted by atomic mass is 32.2. The minimum Gasteiger partial charge on any atom is -0.351 e. The zero-order chi connectivity index (χ0) is 20.2. The number of sulfonamides is 1. The van der Waals surface area contributed by atoms with Gasteiger partial charge in [-0.15, -0.1) is 0 Å². The average molecular weight is 398 g/mol. The summed E-state index contributed by atoms with van der Waals surface area (Å²) in [5.74, 6) is -0.385. The fourth-order valence-electron chi connectivity index (χ4n) is 3.25. The summed E-state index contributed by atoms with van der Waals surface area (Å²) in [6, 6.07) is 4.35. The monoisotopic (exact) mass is 398 g/mol. The zero-order valence-electron chi connectivity index (χ0n) is 15.8. The highest BCUT2D eigenvalue weighted by molar-refractivity contribution is 7.92. The summed E-state index contributed by atoms with van der Waals surface area (Å²) in [5.41, 5.74) is -0.121. The van der Waals surface area contributed by atoms with Crippen molar-refractivity contribution < 1.29 is 18.1 Å². The van der Waals surface area contributed by atoms with Crippen molar-refractivity contribution in [3.8, 4) is 0 Å². The van der Waals surface area contributed by atoms with Gasteiger partial charge in [0.25, 0.3) is 5.69 Å². The third-order valence-electron chi connectivity index (χ3n) is 4.69. The third-order valence-corrected chi connectivity index (χ3v) is 5.87. The maximum absolute atomic E-state index is 12.8. The first-order valence-electron chi connectivity index (χ1n) is 8.86. The largest absolute Gasteiger partial charge is 0.351 e. The summed E-state index contributed by atoms with van der Waals surface area (Å²) < 4.78 is 25.8. The zero-order valence-corrected chi connectivity index (χ0v) is 16.6. The van der Waals surface area contributed by atoms with Crippen LogP contribution in [0.2, 0.25) is 0 Å². The maximum Gasteiger partial charge on any atom is 0.271 e. The van der Waals surface area contributed by atoms with Crippen molar-refractivity contribution in [2.75, 3.05) is 30.7 Å². The maximum atomic E-state index is 12.8. The van der Waals surface area contributed by atoms with Crippen molar-refractivity contribution in [1.29, 1.82) is 0 Å². The van der Waals surface area contributed by atoms with Crippen LogP contribution < -0.4 is 9.62 Å². The Kier molecular flexibility index (Phi) is 6.77. The number of amides is 1. The van der Waals surface area contributed by atoms with Crippen LogP contribution in [-0.2, 0) is 14.8 Å². The van der Waals surface area contributed by atoms with Crippen molar-refractivity contribution in [2.24, 2.45) is 0 Å². The summed E-state index contributed by atoms with van der Waals surface area (Å²) in [6.45, 7) is 3.44. The number of likely N-dealkylation sites (tertiary alicyclic amines) is 1. The number of nitro groups is 1. The number of benzene rings is 1. The molecule has 1 aliphatic rings. The molecule has 1 aliphatic heterocycles. The van der Waals surface area contributed by atoms with E-state index in [1.54, 1.807) is 6.92 Å².